The van der Waals surface area contributed by atoms with Gasteiger partial charge >= 0.3 is 0 Å². The van der Waals surface area contributed by atoms with Crippen LogP contribution in [0.3, 0.4) is 0 Å². The van der Waals surface area contributed by atoms with Gasteiger partial charge in [-0.2, -0.15) is 10.2 Å². The van der Waals surface area contributed by atoms with Crippen LogP contribution >= 0.6 is 11.6 Å². The zero-order chi connectivity index (χ0) is 20.6. The van der Waals surface area contributed by atoms with Gasteiger partial charge in [-0.25, -0.2) is 4.39 Å². The number of carbonyl (C=O) groups excluding carboxylic acids is 1. The van der Waals surface area contributed by atoms with E-state index in [-0.39, 0.29) is 11.7 Å². The van der Waals surface area contributed by atoms with Crippen molar-refractivity contribution >= 4 is 23.2 Å². The van der Waals surface area contributed by atoms with E-state index in [1.165, 1.54) is 12.1 Å². The Morgan fingerprint density at radius 1 is 1.11 bits per heavy atom. The molecule has 0 saturated heterocycles. The zero-order valence-electron chi connectivity index (χ0n) is 16.6. The Morgan fingerprint density at radius 3 is 2.39 bits per heavy atom. The van der Waals surface area contributed by atoms with E-state index >= 15 is 0 Å². The highest BCUT2D eigenvalue weighted by Crippen LogP contribution is 2.25. The lowest BCUT2D eigenvalue weighted by molar-refractivity contribution is 0.102. The van der Waals surface area contributed by atoms with Crippen molar-refractivity contribution in [1.82, 2.24) is 19.6 Å². The number of nitrogens with zero attached hydrogens (tertiary/aromatic N) is 4. The largest absolute Gasteiger partial charge is 0.319 e. The van der Waals surface area contributed by atoms with Gasteiger partial charge in [0.2, 0.25) is 0 Å². The van der Waals surface area contributed by atoms with Crippen molar-refractivity contribution in [3.8, 4) is 0 Å². The molecule has 3 aromatic rings. The second-order valence-corrected chi connectivity index (χ2v) is 7.16. The number of hydrogen-bond acceptors (Lipinski definition) is 3. The molecule has 2 heterocycles. The second kappa shape index (κ2) is 7.75. The molecule has 1 N–H and O–H groups in total. The van der Waals surface area contributed by atoms with Crippen molar-refractivity contribution < 1.29 is 9.18 Å². The molecule has 0 aliphatic heterocycles. The number of nitrogens with one attached hydrogen (secondary N) is 1. The van der Waals surface area contributed by atoms with Crippen molar-refractivity contribution in [2.75, 3.05) is 5.32 Å². The Kier molecular flexibility index (Phi) is 5.56. The van der Waals surface area contributed by atoms with Gasteiger partial charge in [-0.1, -0.05) is 17.7 Å². The van der Waals surface area contributed by atoms with Gasteiger partial charge in [-0.05, 0) is 52.3 Å². The molecule has 0 aliphatic carbocycles. The summed E-state index contributed by atoms with van der Waals surface area (Å²) < 4.78 is 16.8. The van der Waals surface area contributed by atoms with Crippen molar-refractivity contribution in [3.63, 3.8) is 0 Å². The summed E-state index contributed by atoms with van der Waals surface area (Å²) in [5, 5.41) is 12.2. The molecular weight excluding hydrogens is 381 g/mol. The fraction of sp³-hybridized carbons (Fsp3) is 0.350. The summed E-state index contributed by atoms with van der Waals surface area (Å²) >= 11 is 6.13. The quantitative estimate of drug-likeness (QED) is 0.685. The van der Waals surface area contributed by atoms with Gasteiger partial charge in [0, 0.05) is 17.3 Å². The van der Waals surface area contributed by atoms with Crippen molar-refractivity contribution in [3.05, 3.63) is 62.9 Å². The van der Waals surface area contributed by atoms with Crippen LogP contribution in [0.25, 0.3) is 0 Å². The van der Waals surface area contributed by atoms with Crippen LogP contribution in [0.4, 0.5) is 10.1 Å². The van der Waals surface area contributed by atoms with E-state index in [4.69, 9.17) is 11.6 Å². The summed E-state index contributed by atoms with van der Waals surface area (Å²) in [5.41, 5.74) is 5.01. The lowest BCUT2D eigenvalue weighted by Gasteiger charge is -2.09. The zero-order valence-corrected chi connectivity index (χ0v) is 17.4. The minimum Gasteiger partial charge on any atom is -0.319 e. The maximum Gasteiger partial charge on any atom is 0.259 e. The van der Waals surface area contributed by atoms with E-state index in [9.17, 15) is 9.18 Å². The van der Waals surface area contributed by atoms with Gasteiger partial charge in [0.15, 0.2) is 0 Å². The standard InChI is InChI=1S/C20H23ClFN5O/c1-6-26-13(4)18(11(2)24-26)20(28)23-19-12(3)25-27(14(19)5)10-15-7-8-16(22)9-17(15)21/h7-9H,6,10H2,1-5H3,(H,23,28). The Hall–Kier alpha value is -2.67. The molecule has 28 heavy (non-hydrogen) atoms. The average Bonchev–Trinajstić information content (AvgIpc) is 3.07. The molecule has 3 rings (SSSR count). The lowest BCUT2D eigenvalue weighted by atomic mass is 10.1. The molecule has 2 aromatic heterocycles. The normalized spacial score (nSPS) is 11.1. The first-order chi connectivity index (χ1) is 13.2. The molecule has 1 aromatic carbocycles. The van der Waals surface area contributed by atoms with Crippen molar-refractivity contribution in [2.45, 2.75) is 47.7 Å². The number of benzene rings is 1. The molecule has 1 amide bonds. The molecule has 0 atom stereocenters. The fourth-order valence-electron chi connectivity index (χ4n) is 3.35. The second-order valence-electron chi connectivity index (χ2n) is 6.75. The van der Waals surface area contributed by atoms with Crippen LogP contribution in [0.5, 0.6) is 0 Å². The maximum atomic E-state index is 13.3. The molecule has 0 spiro atoms. The van der Waals surface area contributed by atoms with Gasteiger partial charge in [0.25, 0.3) is 5.91 Å². The molecule has 6 nitrogen and oxygen atoms in total. The molecule has 0 unspecified atom stereocenters. The number of aromatic nitrogens is 4. The molecule has 8 heteroatoms. The molecule has 0 radical (unpaired) electrons. The number of anilines is 1. The van der Waals surface area contributed by atoms with Crippen molar-refractivity contribution in [2.24, 2.45) is 0 Å². The highest BCUT2D eigenvalue weighted by molar-refractivity contribution is 6.31. The first-order valence-corrected chi connectivity index (χ1v) is 9.44. The molecule has 148 valence electrons. The van der Waals surface area contributed by atoms with Crippen LogP contribution in [-0.4, -0.2) is 25.5 Å². The van der Waals surface area contributed by atoms with E-state index in [2.05, 4.69) is 15.5 Å². The van der Waals surface area contributed by atoms with Crippen LogP contribution < -0.4 is 5.32 Å². The van der Waals surface area contributed by atoms with Crippen LogP contribution in [0.1, 0.15) is 45.6 Å². The SMILES string of the molecule is CCn1nc(C)c(C(=O)Nc2c(C)nn(Cc3ccc(F)cc3Cl)c2C)c1C. The van der Waals surface area contributed by atoms with Crippen LogP contribution in [0, 0.1) is 33.5 Å². The highest BCUT2D eigenvalue weighted by atomic mass is 35.5. The molecule has 0 aliphatic rings. The van der Waals surface area contributed by atoms with Gasteiger partial charge in [-0.3, -0.25) is 14.2 Å². The van der Waals surface area contributed by atoms with Gasteiger partial charge in [-0.15, -0.1) is 0 Å². The minimum absolute atomic E-state index is 0.208. The third-order valence-corrected chi connectivity index (χ3v) is 5.22. The summed E-state index contributed by atoms with van der Waals surface area (Å²) in [5.74, 6) is -0.589. The number of hydrogen-bond donors (Lipinski definition) is 1. The minimum atomic E-state index is -0.381. The third-order valence-electron chi connectivity index (χ3n) is 4.86. The summed E-state index contributed by atoms with van der Waals surface area (Å²) in [7, 11) is 0. The number of amides is 1. The van der Waals surface area contributed by atoms with E-state index in [1.54, 1.807) is 10.7 Å². The predicted octanol–water partition coefficient (Wildman–Crippen LogP) is 4.43. The number of aryl methyl sites for hydroxylation is 3. The van der Waals surface area contributed by atoms with Crippen LogP contribution in [0.15, 0.2) is 18.2 Å². The topological polar surface area (TPSA) is 64.7 Å². The summed E-state index contributed by atoms with van der Waals surface area (Å²) in [6.45, 7) is 10.5. The Bertz CT molecular complexity index is 1050. The number of carbonyl (C=O) groups is 1. The van der Waals surface area contributed by atoms with Gasteiger partial charge < -0.3 is 5.32 Å². The lowest BCUT2D eigenvalue weighted by Crippen LogP contribution is -2.15. The smallest absolute Gasteiger partial charge is 0.259 e. The third kappa shape index (κ3) is 3.67. The summed E-state index contributed by atoms with van der Waals surface area (Å²) in [4.78, 5) is 12.9. The summed E-state index contributed by atoms with van der Waals surface area (Å²) in [6, 6.07) is 4.28. The van der Waals surface area contributed by atoms with Crippen LogP contribution in [-0.2, 0) is 13.1 Å². The predicted molar refractivity (Wildman–Crippen MR) is 108 cm³/mol. The highest BCUT2D eigenvalue weighted by Gasteiger charge is 2.21. The first-order valence-electron chi connectivity index (χ1n) is 9.06. The molecular formula is C20H23ClFN5O. The van der Waals surface area contributed by atoms with Gasteiger partial charge in [0.1, 0.15) is 5.82 Å². The fourth-order valence-corrected chi connectivity index (χ4v) is 3.58. The van der Waals surface area contributed by atoms with Crippen molar-refractivity contribution in [1.29, 1.82) is 0 Å². The Balaban J connectivity index is 1.88. The molecule has 0 bridgehead atoms. The molecule has 0 fully saturated rings. The maximum absolute atomic E-state index is 13.3. The van der Waals surface area contributed by atoms with E-state index < -0.39 is 0 Å². The Labute approximate surface area is 168 Å². The monoisotopic (exact) mass is 403 g/mol. The van der Waals surface area contributed by atoms with E-state index in [0.29, 0.717) is 40.8 Å². The van der Waals surface area contributed by atoms with E-state index in [1.807, 2.05) is 39.3 Å². The number of halogens is 2. The van der Waals surface area contributed by atoms with Crippen LogP contribution in [0.2, 0.25) is 5.02 Å². The number of rotatable bonds is 5. The average molecular weight is 404 g/mol. The Morgan fingerprint density at radius 2 is 1.79 bits per heavy atom. The molecule has 0 saturated carbocycles. The van der Waals surface area contributed by atoms with E-state index in [0.717, 1.165) is 17.0 Å². The summed E-state index contributed by atoms with van der Waals surface area (Å²) in [6.07, 6.45) is 0. The van der Waals surface area contributed by atoms with Gasteiger partial charge in [0.05, 0.1) is 34.9 Å². The first kappa shape index (κ1) is 20.1.